The number of rotatable bonds is 7. The maximum atomic E-state index is 11.4. The fourth-order valence-corrected chi connectivity index (χ4v) is 2.89. The fourth-order valence-electron chi connectivity index (χ4n) is 1.18. The van der Waals surface area contributed by atoms with Crippen LogP contribution >= 0.6 is 0 Å². The van der Waals surface area contributed by atoms with E-state index in [1.165, 1.54) is 19.4 Å². The van der Waals surface area contributed by atoms with Gasteiger partial charge in [-0.25, -0.2) is 16.8 Å². The Bertz CT molecular complexity index is 556. The summed E-state index contributed by atoms with van der Waals surface area (Å²) in [6.45, 7) is 4.55. The summed E-state index contributed by atoms with van der Waals surface area (Å²) in [4.78, 5) is 0. The predicted molar refractivity (Wildman–Crippen MR) is 77.1 cm³/mol. The summed E-state index contributed by atoms with van der Waals surface area (Å²) >= 11 is 0. The quantitative estimate of drug-likeness (QED) is 0.495. The number of likely N-dealkylation sites (N-methyl/N-ethyl adjacent to an activating group) is 1. The summed E-state index contributed by atoms with van der Waals surface area (Å²) in [6.07, 6.45) is 2.50. The second-order valence-corrected chi connectivity index (χ2v) is 8.80. The number of nitrogens with zero attached hydrogens (tertiary/aromatic N) is 2. The lowest BCUT2D eigenvalue weighted by Gasteiger charge is -2.28. The molecule has 0 aromatic carbocycles. The van der Waals surface area contributed by atoms with Gasteiger partial charge >= 0.3 is 11.0 Å². The number of hydrogen-bond donors (Lipinski definition) is 1. The minimum absolute atomic E-state index is 0.302. The van der Waals surface area contributed by atoms with E-state index in [9.17, 15) is 43.2 Å². The highest BCUT2D eigenvalue weighted by molar-refractivity contribution is 8.13. The van der Waals surface area contributed by atoms with Crippen LogP contribution in [0.5, 0.6) is 0 Å². The molecule has 0 aromatic rings. The smallest absolute Gasteiger partial charge is 0.421 e. The van der Waals surface area contributed by atoms with Crippen LogP contribution in [0.15, 0.2) is 0 Å². The number of unbranched alkanes of at least 4 members (excludes halogenated alkanes) is 1. The normalized spacial score (nSPS) is 14.0. The average molecular weight is 426 g/mol. The van der Waals surface area contributed by atoms with Crippen LogP contribution in [0.3, 0.4) is 0 Å². The lowest BCUT2D eigenvalue weighted by atomic mass is 10.3. The Labute approximate surface area is 142 Å². The van der Waals surface area contributed by atoms with Crippen LogP contribution < -0.4 is 0 Å². The van der Waals surface area contributed by atoms with Gasteiger partial charge in [-0.1, -0.05) is 13.3 Å². The lowest BCUT2D eigenvalue weighted by Crippen LogP contribution is -2.42. The van der Waals surface area contributed by atoms with Crippen molar-refractivity contribution in [3.63, 3.8) is 0 Å². The fraction of sp³-hybridized carbons (Fsp3) is 1.00. The highest BCUT2D eigenvalue weighted by Gasteiger charge is 2.46. The maximum absolute atomic E-state index is 11.4. The molecule has 0 saturated carbocycles. The van der Waals surface area contributed by atoms with Gasteiger partial charge in [0.05, 0.1) is 27.2 Å². The molecule has 7 nitrogen and oxygen atoms in total. The highest BCUT2D eigenvalue weighted by atomic mass is 32.3. The van der Waals surface area contributed by atoms with Gasteiger partial charge in [-0.3, -0.25) is 0 Å². The number of aliphatic hydroxyl groups excluding tert-OH is 1. The molecule has 0 aliphatic carbocycles. The van der Waals surface area contributed by atoms with Crippen LogP contribution in [-0.4, -0.2) is 71.2 Å². The third-order valence-electron chi connectivity index (χ3n) is 2.60. The Hall–Kier alpha value is -0.640. The zero-order valence-corrected chi connectivity index (χ0v) is 15.2. The van der Waals surface area contributed by atoms with E-state index in [0.29, 0.717) is 6.61 Å². The molecule has 15 heteroatoms. The molecule has 0 aliphatic heterocycles. The van der Waals surface area contributed by atoms with E-state index in [0.717, 1.165) is 15.2 Å². The van der Waals surface area contributed by atoms with Crippen molar-refractivity contribution in [1.29, 1.82) is 0 Å². The number of hydrogen-bond acceptors (Lipinski definition) is 5. The summed E-state index contributed by atoms with van der Waals surface area (Å²) in [6, 6.07) is 0. The van der Waals surface area contributed by atoms with Crippen LogP contribution in [0.1, 0.15) is 19.8 Å². The minimum atomic E-state index is -6.72. The first-order valence-corrected chi connectivity index (χ1v) is 9.50. The summed E-state index contributed by atoms with van der Waals surface area (Å²) in [5.41, 5.74) is -12.4. The molecule has 1 N–H and O–H groups in total. The number of aliphatic hydroxyl groups is 1. The van der Waals surface area contributed by atoms with Crippen molar-refractivity contribution in [2.45, 2.75) is 30.8 Å². The highest BCUT2D eigenvalue weighted by Crippen LogP contribution is 2.36. The van der Waals surface area contributed by atoms with Gasteiger partial charge < -0.3 is 13.7 Å². The SMILES string of the molecule is CCCC[N+](C)(C)CCO.O=S(=O)([N-]S(=O)(=O)C(F)(F)F)C(F)(F)F. The van der Waals surface area contributed by atoms with Crippen molar-refractivity contribution in [3.8, 4) is 0 Å². The van der Waals surface area contributed by atoms with E-state index in [1.54, 1.807) is 0 Å². The van der Waals surface area contributed by atoms with Gasteiger partial charge in [0, 0.05) is 0 Å². The molecule has 0 heterocycles. The van der Waals surface area contributed by atoms with Gasteiger partial charge in [0.1, 0.15) is 6.54 Å². The zero-order chi connectivity index (χ0) is 20.7. The van der Waals surface area contributed by atoms with Crippen LogP contribution in [0.2, 0.25) is 0 Å². The van der Waals surface area contributed by atoms with Gasteiger partial charge in [-0.05, 0) is 6.42 Å². The Morgan fingerprint density at radius 1 is 0.880 bits per heavy atom. The van der Waals surface area contributed by atoms with E-state index in [4.69, 9.17) is 5.11 Å². The Balaban J connectivity index is 0. The van der Waals surface area contributed by atoms with Gasteiger partial charge in [0.25, 0.3) is 0 Å². The molecule has 0 amide bonds. The molecule has 0 bridgehead atoms. The van der Waals surface area contributed by atoms with Crippen molar-refractivity contribution in [2.75, 3.05) is 33.8 Å². The molecule has 0 unspecified atom stereocenters. The van der Waals surface area contributed by atoms with E-state index >= 15 is 0 Å². The topological polar surface area (TPSA) is 103 Å². The molecule has 0 fully saturated rings. The third-order valence-corrected chi connectivity index (χ3v) is 5.34. The van der Waals surface area contributed by atoms with E-state index < -0.39 is 31.1 Å². The summed E-state index contributed by atoms with van der Waals surface area (Å²) in [7, 11) is -9.13. The predicted octanol–water partition coefficient (Wildman–Crippen LogP) is 1.91. The van der Waals surface area contributed by atoms with Crippen molar-refractivity contribution >= 4 is 20.0 Å². The van der Waals surface area contributed by atoms with Gasteiger partial charge in [-0.15, -0.1) is 0 Å². The van der Waals surface area contributed by atoms with Crippen LogP contribution in [0.4, 0.5) is 26.3 Å². The molecule has 0 saturated heterocycles. The second-order valence-electron chi connectivity index (χ2n) is 5.38. The van der Waals surface area contributed by atoms with Gasteiger partial charge in [-0.2, -0.15) is 26.3 Å². The van der Waals surface area contributed by atoms with Crippen LogP contribution in [0, 0.1) is 0 Å². The van der Waals surface area contributed by atoms with Crippen LogP contribution in [-0.2, 0) is 20.0 Å². The lowest BCUT2D eigenvalue weighted by molar-refractivity contribution is -0.890. The van der Waals surface area contributed by atoms with Crippen LogP contribution in [0.25, 0.3) is 4.13 Å². The van der Waals surface area contributed by atoms with E-state index in [1.807, 2.05) is 0 Å². The molecule has 154 valence electrons. The molecule has 25 heavy (non-hydrogen) atoms. The first-order chi connectivity index (χ1) is 10.8. The summed E-state index contributed by atoms with van der Waals surface area (Å²) in [5, 5.41) is 8.69. The van der Waals surface area contributed by atoms with Crippen molar-refractivity contribution in [1.82, 2.24) is 0 Å². The summed E-state index contributed by atoms with van der Waals surface area (Å²) < 4.78 is 110. The number of quaternary nitrogens is 1. The standard InChI is InChI=1S/C8H20NO.C2F6NO4S2/c1-4-5-6-9(2,3)7-8-10;3-1(4,5)14(10,11)9-15(12,13)2(6,7)8/h10H,4-8H2,1-3H3;/q+1;-1. The molecule has 0 aromatic heterocycles. The largest absolute Gasteiger partial charge is 0.480 e. The Kier molecular flexibility index (Phi) is 9.93. The van der Waals surface area contributed by atoms with Gasteiger partial charge in [0.15, 0.2) is 20.0 Å². The Morgan fingerprint density at radius 2 is 1.24 bits per heavy atom. The summed E-state index contributed by atoms with van der Waals surface area (Å²) in [5.74, 6) is 0. The molecular weight excluding hydrogens is 406 g/mol. The first kappa shape index (κ1) is 26.6. The molecule has 0 radical (unpaired) electrons. The minimum Gasteiger partial charge on any atom is -0.421 e. The molecule has 0 atom stereocenters. The second kappa shape index (κ2) is 9.34. The number of sulfonamides is 2. The average Bonchev–Trinajstić information content (AvgIpc) is 2.33. The molecular formula is C10H20F6N2O5S2. The zero-order valence-electron chi connectivity index (χ0n) is 13.6. The van der Waals surface area contributed by atoms with Crippen molar-refractivity contribution in [3.05, 3.63) is 4.13 Å². The van der Waals surface area contributed by atoms with E-state index in [2.05, 4.69) is 21.0 Å². The third kappa shape index (κ3) is 10.2. The van der Waals surface area contributed by atoms with E-state index in [-0.39, 0.29) is 0 Å². The Morgan fingerprint density at radius 3 is 1.48 bits per heavy atom. The number of alkyl halides is 6. The van der Waals surface area contributed by atoms with Crippen molar-refractivity contribution < 1.29 is 52.8 Å². The number of halogens is 6. The molecule has 0 rings (SSSR count). The maximum Gasteiger partial charge on any atom is 0.480 e. The molecule has 0 aliphatic rings. The first-order valence-electron chi connectivity index (χ1n) is 6.62. The van der Waals surface area contributed by atoms with Crippen molar-refractivity contribution in [2.24, 2.45) is 0 Å². The molecule has 0 spiro atoms. The van der Waals surface area contributed by atoms with Gasteiger partial charge in [0.2, 0.25) is 0 Å². The monoisotopic (exact) mass is 426 g/mol.